The van der Waals surface area contributed by atoms with Crippen molar-refractivity contribution < 1.29 is 19.2 Å². The molecule has 154 valence electrons. The average Bonchev–Trinajstić information content (AvgIpc) is 3.26. The van der Waals surface area contributed by atoms with Gasteiger partial charge in [-0.25, -0.2) is 0 Å². The fourth-order valence-electron chi connectivity index (χ4n) is 3.09. The molecule has 3 N–H and O–H groups in total. The molecule has 0 atom stereocenters. The van der Waals surface area contributed by atoms with Crippen LogP contribution in [0.25, 0.3) is 22.1 Å². The summed E-state index contributed by atoms with van der Waals surface area (Å²) in [5.74, 6) is -0.331. The number of carbonyl (C=O) groups is 1. The van der Waals surface area contributed by atoms with Crippen LogP contribution in [-0.2, 0) is 0 Å². The van der Waals surface area contributed by atoms with Crippen molar-refractivity contribution in [1.82, 2.24) is 5.32 Å². The van der Waals surface area contributed by atoms with Gasteiger partial charge in [0.05, 0.1) is 10.6 Å². The molecule has 4 rings (SSSR count). The fourth-order valence-corrected chi connectivity index (χ4v) is 3.28. The smallest absolute Gasteiger partial charge is 0.293 e. The summed E-state index contributed by atoms with van der Waals surface area (Å²) in [6, 6.07) is 19.6. The van der Waals surface area contributed by atoms with E-state index in [0.29, 0.717) is 17.0 Å². The summed E-state index contributed by atoms with van der Waals surface area (Å²) >= 11 is 5.21. The Hall–Kier alpha value is -4.24. The van der Waals surface area contributed by atoms with Crippen LogP contribution in [0.1, 0.15) is 10.6 Å². The number of benzene rings is 3. The third-order valence-electron chi connectivity index (χ3n) is 4.54. The van der Waals surface area contributed by atoms with Crippen LogP contribution in [0, 0.1) is 10.1 Å². The van der Waals surface area contributed by atoms with Crippen molar-refractivity contribution in [3.63, 3.8) is 0 Å². The van der Waals surface area contributed by atoms with E-state index in [4.69, 9.17) is 16.6 Å². The molecule has 8 nitrogen and oxygen atoms in total. The van der Waals surface area contributed by atoms with E-state index in [1.807, 2.05) is 24.3 Å². The number of non-ortho nitro benzene ring substituents is 1. The van der Waals surface area contributed by atoms with Crippen molar-refractivity contribution in [3.05, 3.63) is 88.7 Å². The summed E-state index contributed by atoms with van der Waals surface area (Å²) in [5.41, 5.74) is 0.759. The van der Waals surface area contributed by atoms with Gasteiger partial charge in [-0.15, -0.1) is 0 Å². The zero-order valence-electron chi connectivity index (χ0n) is 15.9. The van der Waals surface area contributed by atoms with Crippen molar-refractivity contribution in [2.24, 2.45) is 0 Å². The van der Waals surface area contributed by atoms with Crippen LogP contribution in [0.5, 0.6) is 5.75 Å². The number of carbonyl (C=O) groups excluding carboxylic acids is 1. The summed E-state index contributed by atoms with van der Waals surface area (Å²) in [4.78, 5) is 23.0. The standard InChI is InChI=1S/C22H15N3O5S/c26-17-9-8-13-4-1-2-7-16(13)20(17)23-22(31)24-21(27)19-11-10-18(30-19)14-5-3-6-15(12-14)25(28)29/h1-12,26H,(H2,23,24,27,31). The van der Waals surface area contributed by atoms with Crippen LogP contribution in [0.15, 0.2) is 77.2 Å². The van der Waals surface area contributed by atoms with Crippen LogP contribution in [0.2, 0.25) is 0 Å². The van der Waals surface area contributed by atoms with Crippen LogP contribution >= 0.6 is 12.2 Å². The molecular weight excluding hydrogens is 418 g/mol. The number of hydrogen-bond acceptors (Lipinski definition) is 6. The first-order chi connectivity index (χ1) is 14.9. The molecule has 0 unspecified atom stereocenters. The van der Waals surface area contributed by atoms with E-state index >= 15 is 0 Å². The predicted molar refractivity (Wildman–Crippen MR) is 120 cm³/mol. The number of rotatable bonds is 4. The van der Waals surface area contributed by atoms with Crippen molar-refractivity contribution in [1.29, 1.82) is 0 Å². The number of phenols is 1. The Labute approximate surface area is 181 Å². The van der Waals surface area contributed by atoms with Crippen molar-refractivity contribution in [2.75, 3.05) is 5.32 Å². The Morgan fingerprint density at radius 1 is 1.03 bits per heavy atom. The maximum Gasteiger partial charge on any atom is 0.293 e. The highest BCUT2D eigenvalue weighted by Gasteiger charge is 2.16. The highest BCUT2D eigenvalue weighted by Crippen LogP contribution is 2.32. The fraction of sp³-hybridized carbons (Fsp3) is 0. The summed E-state index contributed by atoms with van der Waals surface area (Å²) in [5, 5.41) is 28.1. The maximum absolute atomic E-state index is 12.5. The van der Waals surface area contributed by atoms with E-state index in [-0.39, 0.29) is 22.3 Å². The second-order valence-corrected chi connectivity index (χ2v) is 6.97. The predicted octanol–water partition coefficient (Wildman–Crippen LogP) is 4.84. The van der Waals surface area contributed by atoms with Gasteiger partial charge in [0.15, 0.2) is 10.9 Å². The molecule has 1 heterocycles. The molecular formula is C22H15N3O5S. The normalized spacial score (nSPS) is 10.6. The summed E-state index contributed by atoms with van der Waals surface area (Å²) < 4.78 is 5.54. The van der Waals surface area contributed by atoms with Crippen LogP contribution in [0.4, 0.5) is 11.4 Å². The number of nitrogens with one attached hydrogen (secondary N) is 2. The molecule has 4 aromatic rings. The molecule has 1 aromatic heterocycles. The number of fused-ring (bicyclic) bond motifs is 1. The maximum atomic E-state index is 12.5. The van der Waals surface area contributed by atoms with Gasteiger partial charge in [-0.1, -0.05) is 42.5 Å². The number of thiocarbonyl (C=S) groups is 1. The number of nitro groups is 1. The first kappa shape index (κ1) is 20.0. The molecule has 0 saturated heterocycles. The highest BCUT2D eigenvalue weighted by molar-refractivity contribution is 7.80. The Balaban J connectivity index is 1.50. The first-order valence-corrected chi connectivity index (χ1v) is 9.51. The minimum atomic E-state index is -0.603. The Kier molecular flexibility index (Phi) is 5.33. The first-order valence-electron chi connectivity index (χ1n) is 9.10. The second-order valence-electron chi connectivity index (χ2n) is 6.56. The molecule has 0 fully saturated rings. The Morgan fingerprint density at radius 3 is 2.65 bits per heavy atom. The number of nitrogens with zero attached hydrogens (tertiary/aromatic N) is 1. The zero-order chi connectivity index (χ0) is 22.0. The lowest BCUT2D eigenvalue weighted by atomic mass is 10.1. The van der Waals surface area contributed by atoms with Crippen LogP contribution in [0.3, 0.4) is 0 Å². The highest BCUT2D eigenvalue weighted by atomic mass is 32.1. The van der Waals surface area contributed by atoms with Gasteiger partial charge in [0, 0.05) is 23.1 Å². The van der Waals surface area contributed by atoms with Gasteiger partial charge >= 0.3 is 0 Å². The molecule has 0 spiro atoms. The third kappa shape index (κ3) is 4.21. The van der Waals surface area contributed by atoms with E-state index in [9.17, 15) is 20.0 Å². The minimum Gasteiger partial charge on any atom is -0.506 e. The molecule has 0 bridgehead atoms. The summed E-state index contributed by atoms with van der Waals surface area (Å²) in [6.45, 7) is 0. The molecule has 3 aromatic carbocycles. The number of nitro benzene ring substituents is 1. The largest absolute Gasteiger partial charge is 0.506 e. The number of hydrogen-bond donors (Lipinski definition) is 3. The van der Waals surface area contributed by atoms with E-state index < -0.39 is 10.8 Å². The number of furan rings is 1. The van der Waals surface area contributed by atoms with Gasteiger partial charge < -0.3 is 14.8 Å². The van der Waals surface area contributed by atoms with E-state index in [0.717, 1.165) is 10.8 Å². The summed E-state index contributed by atoms with van der Waals surface area (Å²) in [7, 11) is 0. The van der Waals surface area contributed by atoms with Gasteiger partial charge in [0.1, 0.15) is 11.5 Å². The number of amides is 1. The van der Waals surface area contributed by atoms with Crippen molar-refractivity contribution >= 4 is 45.4 Å². The van der Waals surface area contributed by atoms with Crippen LogP contribution < -0.4 is 10.6 Å². The van der Waals surface area contributed by atoms with Crippen molar-refractivity contribution in [2.45, 2.75) is 0 Å². The number of anilines is 1. The minimum absolute atomic E-state index is 0.0127. The van der Waals surface area contributed by atoms with Crippen LogP contribution in [-0.4, -0.2) is 21.0 Å². The lowest BCUT2D eigenvalue weighted by molar-refractivity contribution is -0.384. The third-order valence-corrected chi connectivity index (χ3v) is 4.75. The molecule has 0 aliphatic rings. The Morgan fingerprint density at radius 2 is 1.84 bits per heavy atom. The molecule has 0 radical (unpaired) electrons. The van der Waals surface area contributed by atoms with E-state index in [1.165, 1.54) is 30.3 Å². The van der Waals surface area contributed by atoms with E-state index in [1.54, 1.807) is 18.2 Å². The zero-order valence-corrected chi connectivity index (χ0v) is 16.7. The quantitative estimate of drug-likeness (QED) is 0.182. The van der Waals surface area contributed by atoms with E-state index in [2.05, 4.69) is 10.6 Å². The molecule has 1 amide bonds. The average molecular weight is 433 g/mol. The van der Waals surface area contributed by atoms with Gasteiger partial charge in [-0.2, -0.15) is 0 Å². The Bertz CT molecular complexity index is 1330. The number of aromatic hydroxyl groups is 1. The molecule has 0 aliphatic heterocycles. The molecule has 31 heavy (non-hydrogen) atoms. The van der Waals surface area contributed by atoms with Gasteiger partial charge in [-0.05, 0) is 35.8 Å². The van der Waals surface area contributed by atoms with Crippen molar-refractivity contribution in [3.8, 4) is 17.1 Å². The molecule has 0 saturated carbocycles. The molecule has 0 aliphatic carbocycles. The lowest BCUT2D eigenvalue weighted by Crippen LogP contribution is -2.33. The SMILES string of the molecule is O=C(NC(=S)Nc1c(O)ccc2ccccc12)c1ccc(-c2cccc([N+](=O)[O-])c2)o1. The van der Waals surface area contributed by atoms with Gasteiger partial charge in [0.2, 0.25) is 0 Å². The molecule has 9 heteroatoms. The van der Waals surface area contributed by atoms with Gasteiger partial charge in [-0.3, -0.25) is 20.2 Å². The summed E-state index contributed by atoms with van der Waals surface area (Å²) in [6.07, 6.45) is 0. The second kappa shape index (κ2) is 8.25. The monoisotopic (exact) mass is 433 g/mol. The van der Waals surface area contributed by atoms with Gasteiger partial charge in [0.25, 0.3) is 11.6 Å². The topological polar surface area (TPSA) is 118 Å². The number of phenolic OH excluding ortho intramolecular Hbond substituents is 1. The lowest BCUT2D eigenvalue weighted by Gasteiger charge is -2.13.